The van der Waals surface area contributed by atoms with Crippen LogP contribution in [0.4, 0.5) is 0 Å². The molecule has 0 spiro atoms. The van der Waals surface area contributed by atoms with Crippen molar-refractivity contribution >= 4 is 11.7 Å². The lowest BCUT2D eigenvalue weighted by molar-refractivity contribution is -0.129. The number of Topliss-reactive ketones (excluding diaryl/α,β-unsaturated/α-hetero) is 1. The summed E-state index contributed by atoms with van der Waals surface area (Å²) in [5, 5.41) is 2.87. The summed E-state index contributed by atoms with van der Waals surface area (Å²) in [6, 6.07) is -0.248. The average Bonchev–Trinajstić information content (AvgIpc) is 2.65. The van der Waals surface area contributed by atoms with Crippen LogP contribution in [0.3, 0.4) is 0 Å². The van der Waals surface area contributed by atoms with E-state index < -0.39 is 0 Å². The van der Waals surface area contributed by atoms with Crippen LogP contribution in [0, 0.1) is 11.8 Å². The molecule has 86 valence electrons. The van der Waals surface area contributed by atoms with Crippen LogP contribution in [0.1, 0.15) is 46.5 Å². The summed E-state index contributed by atoms with van der Waals surface area (Å²) in [6.07, 6.45) is 4.52. The molecule has 15 heavy (non-hydrogen) atoms. The molecule has 1 atom stereocenters. The predicted octanol–water partition coefficient (Wildman–Crippen LogP) is 1.91. The lowest BCUT2D eigenvalue weighted by Crippen LogP contribution is -2.45. The molecule has 1 unspecified atom stereocenters. The summed E-state index contributed by atoms with van der Waals surface area (Å²) in [5.74, 6) is 0.399. The zero-order chi connectivity index (χ0) is 11.4. The number of carbonyl (C=O) groups is 2. The normalized spacial score (nSPS) is 19.2. The van der Waals surface area contributed by atoms with Crippen LogP contribution in [-0.4, -0.2) is 17.7 Å². The molecule has 1 N–H and O–H groups in total. The Morgan fingerprint density at radius 1 is 1.20 bits per heavy atom. The molecule has 1 amide bonds. The Bertz CT molecular complexity index is 242. The topological polar surface area (TPSA) is 46.2 Å². The van der Waals surface area contributed by atoms with Crippen molar-refractivity contribution in [2.75, 3.05) is 0 Å². The van der Waals surface area contributed by atoms with Crippen LogP contribution in [0.15, 0.2) is 0 Å². The number of rotatable bonds is 4. The van der Waals surface area contributed by atoms with Gasteiger partial charge >= 0.3 is 0 Å². The van der Waals surface area contributed by atoms with E-state index in [4.69, 9.17) is 0 Å². The summed E-state index contributed by atoms with van der Waals surface area (Å²) in [7, 11) is 0. The summed E-state index contributed by atoms with van der Waals surface area (Å²) in [5.41, 5.74) is 0. The molecule has 0 bridgehead atoms. The Hall–Kier alpha value is -0.860. The molecule has 1 rings (SSSR count). The average molecular weight is 211 g/mol. The highest BCUT2D eigenvalue weighted by Crippen LogP contribution is 2.28. The van der Waals surface area contributed by atoms with Crippen LogP contribution in [-0.2, 0) is 9.59 Å². The van der Waals surface area contributed by atoms with Crippen molar-refractivity contribution in [1.29, 1.82) is 0 Å². The number of ketones is 1. The van der Waals surface area contributed by atoms with Crippen molar-refractivity contribution in [3.05, 3.63) is 0 Å². The van der Waals surface area contributed by atoms with Gasteiger partial charge in [0.25, 0.3) is 0 Å². The first-order valence-corrected chi connectivity index (χ1v) is 5.83. The molecule has 0 radical (unpaired) electrons. The van der Waals surface area contributed by atoms with E-state index in [1.165, 1.54) is 12.8 Å². The smallest absolute Gasteiger partial charge is 0.223 e. The number of hydrogen-bond acceptors (Lipinski definition) is 2. The first-order chi connectivity index (χ1) is 7.02. The van der Waals surface area contributed by atoms with Gasteiger partial charge in [-0.1, -0.05) is 26.7 Å². The Labute approximate surface area is 91.6 Å². The third kappa shape index (κ3) is 3.33. The maximum Gasteiger partial charge on any atom is 0.223 e. The number of hydrogen-bond donors (Lipinski definition) is 1. The minimum absolute atomic E-state index is 0.0119. The zero-order valence-corrected chi connectivity index (χ0v) is 9.88. The fourth-order valence-electron chi connectivity index (χ4n) is 2.16. The van der Waals surface area contributed by atoms with Gasteiger partial charge in [-0.15, -0.1) is 0 Å². The second-order valence-corrected chi connectivity index (χ2v) is 4.80. The van der Waals surface area contributed by atoms with Gasteiger partial charge in [0, 0.05) is 5.92 Å². The molecule has 3 heteroatoms. The van der Waals surface area contributed by atoms with E-state index >= 15 is 0 Å². The van der Waals surface area contributed by atoms with Crippen molar-refractivity contribution in [3.63, 3.8) is 0 Å². The molecule has 1 aliphatic carbocycles. The van der Waals surface area contributed by atoms with E-state index in [2.05, 4.69) is 5.32 Å². The number of carbonyl (C=O) groups excluding carboxylic acids is 2. The summed E-state index contributed by atoms with van der Waals surface area (Å²) < 4.78 is 0. The number of nitrogens with one attached hydrogen (secondary N) is 1. The zero-order valence-electron chi connectivity index (χ0n) is 9.88. The lowest BCUT2D eigenvalue weighted by Gasteiger charge is -2.23. The Morgan fingerprint density at radius 3 is 2.13 bits per heavy atom. The van der Waals surface area contributed by atoms with E-state index in [0.29, 0.717) is 5.92 Å². The van der Waals surface area contributed by atoms with Gasteiger partial charge in [0.1, 0.15) is 0 Å². The molecule has 1 aliphatic rings. The molecule has 0 heterocycles. The van der Waals surface area contributed by atoms with Gasteiger partial charge in [0.15, 0.2) is 5.78 Å². The van der Waals surface area contributed by atoms with E-state index in [9.17, 15) is 9.59 Å². The SMILES string of the molecule is CC(=O)C(NC(=O)C(C)C)C1CCCC1. The van der Waals surface area contributed by atoms with Crippen LogP contribution in [0.25, 0.3) is 0 Å². The quantitative estimate of drug-likeness (QED) is 0.772. The van der Waals surface area contributed by atoms with Crippen molar-refractivity contribution in [2.45, 2.75) is 52.5 Å². The predicted molar refractivity (Wildman–Crippen MR) is 59.4 cm³/mol. The lowest BCUT2D eigenvalue weighted by atomic mass is 9.94. The first-order valence-electron chi connectivity index (χ1n) is 5.83. The van der Waals surface area contributed by atoms with Gasteiger partial charge in [-0.3, -0.25) is 9.59 Å². The monoisotopic (exact) mass is 211 g/mol. The van der Waals surface area contributed by atoms with E-state index in [1.807, 2.05) is 13.8 Å². The fourth-order valence-corrected chi connectivity index (χ4v) is 2.16. The van der Waals surface area contributed by atoms with Gasteiger partial charge in [-0.2, -0.15) is 0 Å². The molecule has 0 saturated heterocycles. The summed E-state index contributed by atoms with van der Waals surface area (Å²) in [4.78, 5) is 23.0. The molecule has 1 saturated carbocycles. The van der Waals surface area contributed by atoms with Gasteiger partial charge in [0.2, 0.25) is 5.91 Å². The second-order valence-electron chi connectivity index (χ2n) is 4.80. The summed E-state index contributed by atoms with van der Waals surface area (Å²) in [6.45, 7) is 5.27. The van der Waals surface area contributed by atoms with Crippen LogP contribution >= 0.6 is 0 Å². The molecule has 3 nitrogen and oxygen atoms in total. The van der Waals surface area contributed by atoms with Gasteiger partial charge < -0.3 is 5.32 Å². The van der Waals surface area contributed by atoms with Crippen LogP contribution in [0.5, 0.6) is 0 Å². The standard InChI is InChI=1S/C12H21NO2/c1-8(2)12(15)13-11(9(3)14)10-6-4-5-7-10/h8,10-11H,4-7H2,1-3H3,(H,13,15). The Balaban J connectivity index is 2.58. The Morgan fingerprint density at radius 2 is 1.73 bits per heavy atom. The van der Waals surface area contributed by atoms with Crippen molar-refractivity contribution in [2.24, 2.45) is 11.8 Å². The molecule has 0 aromatic rings. The molecule has 0 aromatic carbocycles. The van der Waals surface area contributed by atoms with Gasteiger partial charge in [0.05, 0.1) is 6.04 Å². The van der Waals surface area contributed by atoms with Crippen LogP contribution in [0.2, 0.25) is 0 Å². The van der Waals surface area contributed by atoms with E-state index in [0.717, 1.165) is 12.8 Å². The van der Waals surface area contributed by atoms with Crippen LogP contribution < -0.4 is 5.32 Å². The fraction of sp³-hybridized carbons (Fsp3) is 0.833. The highest BCUT2D eigenvalue weighted by atomic mass is 16.2. The summed E-state index contributed by atoms with van der Waals surface area (Å²) >= 11 is 0. The minimum Gasteiger partial charge on any atom is -0.346 e. The largest absolute Gasteiger partial charge is 0.346 e. The van der Waals surface area contributed by atoms with Crippen molar-refractivity contribution in [3.8, 4) is 0 Å². The van der Waals surface area contributed by atoms with Crippen molar-refractivity contribution in [1.82, 2.24) is 5.32 Å². The molecule has 0 aromatic heterocycles. The number of amides is 1. The third-order valence-electron chi connectivity index (χ3n) is 3.13. The van der Waals surface area contributed by atoms with Crippen molar-refractivity contribution < 1.29 is 9.59 Å². The second kappa shape index (κ2) is 5.29. The third-order valence-corrected chi connectivity index (χ3v) is 3.13. The molecular weight excluding hydrogens is 190 g/mol. The first kappa shape index (κ1) is 12.2. The molecule has 1 fully saturated rings. The highest BCUT2D eigenvalue weighted by Gasteiger charge is 2.29. The van der Waals surface area contributed by atoms with E-state index in [-0.39, 0.29) is 23.7 Å². The minimum atomic E-state index is -0.248. The highest BCUT2D eigenvalue weighted by molar-refractivity contribution is 5.88. The molecule has 0 aliphatic heterocycles. The van der Waals surface area contributed by atoms with E-state index in [1.54, 1.807) is 6.92 Å². The van der Waals surface area contributed by atoms with Gasteiger partial charge in [-0.05, 0) is 25.7 Å². The maximum atomic E-state index is 11.6. The maximum absolute atomic E-state index is 11.6. The molecular formula is C12H21NO2. The Kier molecular flexibility index (Phi) is 4.30. The van der Waals surface area contributed by atoms with Gasteiger partial charge in [-0.25, -0.2) is 0 Å².